The van der Waals surface area contributed by atoms with Crippen LogP contribution in [-0.2, 0) is 4.74 Å². The molecule has 3 unspecified atom stereocenters. The van der Waals surface area contributed by atoms with Gasteiger partial charge in [-0.1, -0.05) is 0 Å². The fourth-order valence-electron chi connectivity index (χ4n) is 3.05. The molecule has 2 aliphatic heterocycles. The van der Waals surface area contributed by atoms with E-state index >= 15 is 0 Å². The summed E-state index contributed by atoms with van der Waals surface area (Å²) in [6.45, 7) is 4.23. The van der Waals surface area contributed by atoms with Gasteiger partial charge in [-0.25, -0.2) is 0 Å². The van der Waals surface area contributed by atoms with Gasteiger partial charge in [0, 0.05) is 25.2 Å². The number of nitrogens with zero attached hydrogens (tertiary/aromatic N) is 1. The van der Waals surface area contributed by atoms with Crippen molar-refractivity contribution < 1.29 is 4.74 Å². The van der Waals surface area contributed by atoms with Gasteiger partial charge >= 0.3 is 0 Å². The third kappa shape index (κ3) is 1.58. The van der Waals surface area contributed by atoms with Crippen LogP contribution >= 0.6 is 0 Å². The number of nitrogens with two attached hydrogens (primary N) is 1. The quantitative estimate of drug-likeness (QED) is 0.696. The molecule has 1 saturated carbocycles. The topological polar surface area (TPSA) is 38.5 Å². The van der Waals surface area contributed by atoms with Gasteiger partial charge in [-0.2, -0.15) is 0 Å². The molecule has 2 heterocycles. The molecule has 0 bridgehead atoms. The molecule has 2 saturated heterocycles. The number of likely N-dealkylation sites (tertiary alicyclic amines) is 1. The molecule has 3 fully saturated rings. The van der Waals surface area contributed by atoms with Gasteiger partial charge in [-0.15, -0.1) is 0 Å². The second-order valence-corrected chi connectivity index (χ2v) is 5.13. The van der Waals surface area contributed by atoms with E-state index in [2.05, 4.69) is 4.90 Å². The monoisotopic (exact) mass is 196 g/mol. The van der Waals surface area contributed by atoms with Crippen LogP contribution in [0, 0.1) is 11.8 Å². The van der Waals surface area contributed by atoms with Crippen molar-refractivity contribution in [2.24, 2.45) is 17.6 Å². The smallest absolute Gasteiger partial charge is 0.0620 e. The Morgan fingerprint density at radius 2 is 2.29 bits per heavy atom. The van der Waals surface area contributed by atoms with Crippen molar-refractivity contribution in [3.63, 3.8) is 0 Å². The molecule has 3 nitrogen and oxygen atoms in total. The Morgan fingerprint density at radius 1 is 1.36 bits per heavy atom. The van der Waals surface area contributed by atoms with E-state index in [-0.39, 0.29) is 6.04 Å². The van der Waals surface area contributed by atoms with Crippen molar-refractivity contribution in [3.05, 3.63) is 0 Å². The van der Waals surface area contributed by atoms with Crippen LogP contribution in [0.3, 0.4) is 0 Å². The minimum atomic E-state index is 0.279. The molecule has 80 valence electrons. The number of rotatable bonds is 2. The highest BCUT2D eigenvalue weighted by molar-refractivity contribution is 5.01. The first-order valence-corrected chi connectivity index (χ1v) is 5.92. The number of fused-ring (bicyclic) bond motifs is 1. The minimum Gasteiger partial charge on any atom is -0.380 e. The molecule has 3 heteroatoms. The van der Waals surface area contributed by atoms with Crippen LogP contribution in [0.2, 0.25) is 0 Å². The number of hydrogen-bond donors (Lipinski definition) is 1. The Balaban J connectivity index is 1.55. The van der Waals surface area contributed by atoms with E-state index < -0.39 is 0 Å². The van der Waals surface area contributed by atoms with E-state index in [0.717, 1.165) is 31.6 Å². The van der Waals surface area contributed by atoms with Crippen LogP contribution < -0.4 is 5.73 Å². The van der Waals surface area contributed by atoms with E-state index in [1.807, 2.05) is 0 Å². The summed E-state index contributed by atoms with van der Waals surface area (Å²) in [5.41, 5.74) is 6.06. The molecule has 3 rings (SSSR count). The highest BCUT2D eigenvalue weighted by Gasteiger charge is 2.47. The lowest BCUT2D eigenvalue weighted by Crippen LogP contribution is -2.45. The van der Waals surface area contributed by atoms with E-state index in [1.54, 1.807) is 0 Å². The van der Waals surface area contributed by atoms with Crippen LogP contribution in [0.4, 0.5) is 0 Å². The molecule has 3 aliphatic rings. The normalized spacial score (nSPS) is 47.8. The summed E-state index contributed by atoms with van der Waals surface area (Å²) in [4.78, 5) is 2.67. The fraction of sp³-hybridized carbons (Fsp3) is 1.00. The SMILES string of the molecule is N[C@@H]1COCCC1CN1CCC2CC21. The lowest BCUT2D eigenvalue weighted by Gasteiger charge is -2.32. The van der Waals surface area contributed by atoms with Crippen molar-refractivity contribution in [2.75, 3.05) is 26.3 Å². The zero-order chi connectivity index (χ0) is 9.54. The van der Waals surface area contributed by atoms with Gasteiger partial charge in [0.1, 0.15) is 0 Å². The zero-order valence-corrected chi connectivity index (χ0v) is 8.69. The number of piperidine rings is 1. The van der Waals surface area contributed by atoms with E-state index in [0.29, 0.717) is 5.92 Å². The molecular formula is C11H20N2O. The van der Waals surface area contributed by atoms with E-state index in [4.69, 9.17) is 10.5 Å². The molecule has 1 aliphatic carbocycles. The zero-order valence-electron chi connectivity index (χ0n) is 8.69. The van der Waals surface area contributed by atoms with Crippen LogP contribution in [0.1, 0.15) is 19.3 Å². The highest BCUT2D eigenvalue weighted by atomic mass is 16.5. The van der Waals surface area contributed by atoms with Crippen LogP contribution in [0.5, 0.6) is 0 Å². The van der Waals surface area contributed by atoms with Gasteiger partial charge in [-0.3, -0.25) is 4.90 Å². The summed E-state index contributed by atoms with van der Waals surface area (Å²) in [5.74, 6) is 1.73. The summed E-state index contributed by atoms with van der Waals surface area (Å²) in [6, 6.07) is 1.21. The van der Waals surface area contributed by atoms with Gasteiger partial charge in [0.25, 0.3) is 0 Å². The molecule has 0 aromatic carbocycles. The minimum absolute atomic E-state index is 0.279. The third-order valence-corrected chi connectivity index (χ3v) is 4.16. The maximum Gasteiger partial charge on any atom is 0.0620 e. The Labute approximate surface area is 85.6 Å². The summed E-state index contributed by atoms with van der Waals surface area (Å²) in [5, 5.41) is 0. The predicted molar refractivity (Wildman–Crippen MR) is 55.0 cm³/mol. The molecule has 0 amide bonds. The third-order valence-electron chi connectivity index (χ3n) is 4.16. The average molecular weight is 196 g/mol. The molecule has 0 aromatic heterocycles. The second-order valence-electron chi connectivity index (χ2n) is 5.13. The van der Waals surface area contributed by atoms with Crippen molar-refractivity contribution in [2.45, 2.75) is 31.3 Å². The van der Waals surface area contributed by atoms with Crippen LogP contribution in [0.25, 0.3) is 0 Å². The largest absolute Gasteiger partial charge is 0.380 e. The van der Waals surface area contributed by atoms with Crippen molar-refractivity contribution in [1.82, 2.24) is 4.90 Å². The maximum absolute atomic E-state index is 6.06. The summed E-state index contributed by atoms with van der Waals surface area (Å²) >= 11 is 0. The highest BCUT2D eigenvalue weighted by Crippen LogP contribution is 2.44. The standard InChI is InChI=1S/C11H20N2O/c12-10-7-14-4-2-9(10)6-13-3-1-8-5-11(8)13/h8-11H,1-7,12H2/t8?,9?,10-,11?/m1/s1. The summed E-state index contributed by atoms with van der Waals surface area (Å²) in [7, 11) is 0. The molecule has 4 atom stereocenters. The van der Waals surface area contributed by atoms with Crippen LogP contribution in [0.15, 0.2) is 0 Å². The molecule has 0 radical (unpaired) electrons. The molecule has 2 N–H and O–H groups in total. The predicted octanol–water partition coefficient (Wildman–Crippen LogP) is 0.444. The lowest BCUT2D eigenvalue weighted by atomic mass is 9.95. The van der Waals surface area contributed by atoms with Crippen molar-refractivity contribution in [1.29, 1.82) is 0 Å². The molecule has 14 heavy (non-hydrogen) atoms. The average Bonchev–Trinajstić information content (AvgIpc) is 2.87. The first kappa shape index (κ1) is 9.13. The first-order valence-electron chi connectivity index (χ1n) is 5.92. The van der Waals surface area contributed by atoms with Gasteiger partial charge in [0.2, 0.25) is 0 Å². The van der Waals surface area contributed by atoms with Gasteiger partial charge in [0.15, 0.2) is 0 Å². The van der Waals surface area contributed by atoms with E-state index in [9.17, 15) is 0 Å². The Bertz CT molecular complexity index is 221. The van der Waals surface area contributed by atoms with E-state index in [1.165, 1.54) is 25.9 Å². The molecule has 0 aromatic rings. The Kier molecular flexibility index (Phi) is 2.26. The maximum atomic E-state index is 6.06. The van der Waals surface area contributed by atoms with Gasteiger partial charge < -0.3 is 10.5 Å². The number of hydrogen-bond acceptors (Lipinski definition) is 3. The van der Waals surface area contributed by atoms with Crippen LogP contribution in [-0.4, -0.2) is 43.3 Å². The Hall–Kier alpha value is -0.120. The lowest BCUT2D eigenvalue weighted by molar-refractivity contribution is 0.0365. The first-order chi connectivity index (χ1) is 6.84. The molecule has 0 spiro atoms. The second kappa shape index (κ2) is 3.47. The molecular weight excluding hydrogens is 176 g/mol. The fourth-order valence-corrected chi connectivity index (χ4v) is 3.05. The van der Waals surface area contributed by atoms with Gasteiger partial charge in [0.05, 0.1) is 6.61 Å². The summed E-state index contributed by atoms with van der Waals surface area (Å²) < 4.78 is 5.37. The van der Waals surface area contributed by atoms with Gasteiger partial charge in [-0.05, 0) is 37.6 Å². The number of ether oxygens (including phenoxy) is 1. The van der Waals surface area contributed by atoms with Crippen molar-refractivity contribution in [3.8, 4) is 0 Å². The summed E-state index contributed by atoms with van der Waals surface area (Å²) in [6.07, 6.45) is 4.05. The van der Waals surface area contributed by atoms with Crippen molar-refractivity contribution >= 4 is 0 Å². The Morgan fingerprint density at radius 3 is 2.93 bits per heavy atom.